The molecule has 1 N–H and O–H groups in total. The van der Waals surface area contributed by atoms with Crippen LogP contribution in [0.25, 0.3) is 0 Å². The fourth-order valence-electron chi connectivity index (χ4n) is 1.24. The molecule has 2 heterocycles. The van der Waals surface area contributed by atoms with Gasteiger partial charge >= 0.3 is 0 Å². The molecule has 0 amide bonds. The second-order valence-electron chi connectivity index (χ2n) is 3.17. The van der Waals surface area contributed by atoms with E-state index < -0.39 is 0 Å². The van der Waals surface area contributed by atoms with Crippen LogP contribution < -0.4 is 5.32 Å². The molecule has 0 aliphatic heterocycles. The molecule has 0 unspecified atom stereocenters. The summed E-state index contributed by atoms with van der Waals surface area (Å²) in [4.78, 5) is 1.22. The average molecular weight is 314 g/mol. The number of nitrogens with one attached hydrogen (secondary N) is 1. The van der Waals surface area contributed by atoms with Crippen molar-refractivity contribution < 1.29 is 0 Å². The molecule has 0 aliphatic rings. The van der Waals surface area contributed by atoms with Gasteiger partial charge in [-0.2, -0.15) is 9.64 Å². The van der Waals surface area contributed by atoms with Crippen molar-refractivity contribution in [2.24, 2.45) is 0 Å². The van der Waals surface area contributed by atoms with Crippen LogP contribution in [0.15, 0.2) is 15.9 Å². The minimum atomic E-state index is 0.653. The third-order valence-corrected chi connectivity index (χ3v) is 4.61. The molecular formula is C10H8BrN3S2. The van der Waals surface area contributed by atoms with E-state index in [2.05, 4.69) is 37.8 Å². The Kier molecular flexibility index (Phi) is 3.59. The first-order chi connectivity index (χ1) is 7.70. The van der Waals surface area contributed by atoms with E-state index in [0.717, 1.165) is 21.7 Å². The van der Waals surface area contributed by atoms with Crippen molar-refractivity contribution in [3.05, 3.63) is 32.1 Å². The summed E-state index contributed by atoms with van der Waals surface area (Å²) in [5.41, 5.74) is 1.45. The van der Waals surface area contributed by atoms with Crippen LogP contribution >= 0.6 is 38.8 Å². The van der Waals surface area contributed by atoms with Gasteiger partial charge in [0.05, 0.1) is 12.2 Å². The normalized spacial score (nSPS) is 10.1. The molecule has 2 rings (SSSR count). The first-order valence-electron chi connectivity index (χ1n) is 4.54. The molecule has 16 heavy (non-hydrogen) atoms. The Balaban J connectivity index is 2.08. The molecule has 0 aliphatic carbocycles. The number of aryl methyl sites for hydroxylation is 1. The topological polar surface area (TPSA) is 48.7 Å². The number of nitriles is 1. The highest BCUT2D eigenvalue weighted by molar-refractivity contribution is 9.10. The standard InChI is InChI=1S/C10H8BrN3S2/c1-6-9(3-12)10(16-14-6)13-4-8-2-7(11)5-15-8/h2,5,13H,4H2,1H3. The Morgan fingerprint density at radius 2 is 2.44 bits per heavy atom. The molecule has 0 atom stereocenters. The summed E-state index contributed by atoms with van der Waals surface area (Å²) in [6.07, 6.45) is 0. The molecule has 82 valence electrons. The van der Waals surface area contributed by atoms with Gasteiger partial charge < -0.3 is 5.32 Å². The Hall–Kier alpha value is -0.900. The van der Waals surface area contributed by atoms with E-state index in [1.165, 1.54) is 16.4 Å². The van der Waals surface area contributed by atoms with Gasteiger partial charge in [-0.3, -0.25) is 0 Å². The van der Waals surface area contributed by atoms with Crippen molar-refractivity contribution >= 4 is 43.8 Å². The van der Waals surface area contributed by atoms with E-state index in [4.69, 9.17) is 5.26 Å². The lowest BCUT2D eigenvalue weighted by molar-refractivity contribution is 1.20. The number of hydrogen-bond donors (Lipinski definition) is 1. The Morgan fingerprint density at radius 3 is 3.06 bits per heavy atom. The van der Waals surface area contributed by atoms with Crippen LogP contribution in [0.1, 0.15) is 16.1 Å². The molecule has 0 saturated carbocycles. The third kappa shape index (κ3) is 2.43. The van der Waals surface area contributed by atoms with Gasteiger partial charge in [0.25, 0.3) is 0 Å². The Labute approximate surface area is 110 Å². The number of rotatable bonds is 3. The van der Waals surface area contributed by atoms with E-state index in [1.54, 1.807) is 11.3 Å². The number of hydrogen-bond acceptors (Lipinski definition) is 5. The molecular weight excluding hydrogens is 306 g/mol. The van der Waals surface area contributed by atoms with E-state index in [9.17, 15) is 0 Å². The van der Waals surface area contributed by atoms with Crippen molar-refractivity contribution in [1.82, 2.24) is 4.37 Å². The van der Waals surface area contributed by atoms with E-state index in [1.807, 2.05) is 12.3 Å². The Bertz CT molecular complexity index is 538. The van der Waals surface area contributed by atoms with Gasteiger partial charge in [-0.1, -0.05) is 0 Å². The molecule has 0 saturated heterocycles. The summed E-state index contributed by atoms with van der Waals surface area (Å²) in [6.45, 7) is 2.58. The number of aromatic nitrogens is 1. The molecule has 3 nitrogen and oxygen atoms in total. The summed E-state index contributed by atoms with van der Waals surface area (Å²) in [5, 5.41) is 15.1. The number of anilines is 1. The lowest BCUT2D eigenvalue weighted by atomic mass is 10.3. The second kappa shape index (κ2) is 4.95. The smallest absolute Gasteiger partial charge is 0.128 e. The average Bonchev–Trinajstić information content (AvgIpc) is 2.82. The molecule has 0 bridgehead atoms. The van der Waals surface area contributed by atoms with Crippen LogP contribution in [-0.2, 0) is 6.54 Å². The van der Waals surface area contributed by atoms with E-state index in [-0.39, 0.29) is 0 Å². The monoisotopic (exact) mass is 313 g/mol. The fourth-order valence-corrected chi connectivity index (χ4v) is 3.37. The summed E-state index contributed by atoms with van der Waals surface area (Å²) in [7, 11) is 0. The molecule has 2 aromatic rings. The molecule has 0 radical (unpaired) electrons. The van der Waals surface area contributed by atoms with Crippen molar-refractivity contribution in [3.63, 3.8) is 0 Å². The van der Waals surface area contributed by atoms with Gasteiger partial charge in [0, 0.05) is 14.7 Å². The maximum atomic E-state index is 8.96. The van der Waals surface area contributed by atoms with Crippen LogP contribution in [0.3, 0.4) is 0 Å². The van der Waals surface area contributed by atoms with Crippen molar-refractivity contribution in [2.45, 2.75) is 13.5 Å². The van der Waals surface area contributed by atoms with Crippen LogP contribution in [0.5, 0.6) is 0 Å². The summed E-state index contributed by atoms with van der Waals surface area (Å²) in [5.74, 6) is 0. The zero-order valence-corrected chi connectivity index (χ0v) is 11.7. The number of thiophene rings is 1. The largest absolute Gasteiger partial charge is 0.370 e. The Morgan fingerprint density at radius 1 is 1.62 bits per heavy atom. The SMILES string of the molecule is Cc1nsc(NCc2cc(Br)cs2)c1C#N. The minimum Gasteiger partial charge on any atom is -0.370 e. The molecule has 6 heteroatoms. The van der Waals surface area contributed by atoms with Gasteiger partial charge in [0.1, 0.15) is 16.6 Å². The molecule has 2 aromatic heterocycles. The van der Waals surface area contributed by atoms with Crippen LogP contribution in [0.2, 0.25) is 0 Å². The highest BCUT2D eigenvalue weighted by Gasteiger charge is 2.09. The number of nitrogens with zero attached hydrogens (tertiary/aromatic N) is 2. The minimum absolute atomic E-state index is 0.653. The first-order valence-corrected chi connectivity index (χ1v) is 6.98. The van der Waals surface area contributed by atoms with Gasteiger partial charge in [-0.05, 0) is 40.5 Å². The zero-order valence-electron chi connectivity index (χ0n) is 8.45. The maximum Gasteiger partial charge on any atom is 0.128 e. The third-order valence-electron chi connectivity index (χ3n) is 2.02. The first kappa shape index (κ1) is 11.6. The van der Waals surface area contributed by atoms with Crippen molar-refractivity contribution in [2.75, 3.05) is 5.32 Å². The van der Waals surface area contributed by atoms with Crippen molar-refractivity contribution in [3.8, 4) is 6.07 Å². The lowest BCUT2D eigenvalue weighted by Crippen LogP contribution is -1.96. The van der Waals surface area contributed by atoms with Gasteiger partial charge in [0.2, 0.25) is 0 Å². The van der Waals surface area contributed by atoms with E-state index >= 15 is 0 Å². The summed E-state index contributed by atoms with van der Waals surface area (Å²) in [6, 6.07) is 4.23. The van der Waals surface area contributed by atoms with Gasteiger partial charge in [-0.15, -0.1) is 11.3 Å². The maximum absolute atomic E-state index is 8.96. The van der Waals surface area contributed by atoms with Gasteiger partial charge in [-0.25, -0.2) is 0 Å². The second-order valence-corrected chi connectivity index (χ2v) is 5.85. The van der Waals surface area contributed by atoms with Crippen LogP contribution in [0.4, 0.5) is 5.00 Å². The molecule has 0 fully saturated rings. The quantitative estimate of drug-likeness (QED) is 0.938. The predicted molar refractivity (Wildman–Crippen MR) is 70.9 cm³/mol. The van der Waals surface area contributed by atoms with E-state index in [0.29, 0.717) is 5.56 Å². The van der Waals surface area contributed by atoms with Gasteiger partial charge in [0.15, 0.2) is 0 Å². The predicted octanol–water partition coefficient (Wildman–Crippen LogP) is 3.76. The summed E-state index contributed by atoms with van der Waals surface area (Å²) < 4.78 is 5.25. The summed E-state index contributed by atoms with van der Waals surface area (Å²) >= 11 is 6.43. The van der Waals surface area contributed by atoms with Crippen LogP contribution in [0, 0.1) is 18.3 Å². The van der Waals surface area contributed by atoms with Crippen molar-refractivity contribution in [1.29, 1.82) is 5.26 Å². The lowest BCUT2D eigenvalue weighted by Gasteiger charge is -2.00. The molecule has 0 aromatic carbocycles. The zero-order chi connectivity index (χ0) is 11.5. The fraction of sp³-hybridized carbons (Fsp3) is 0.200. The highest BCUT2D eigenvalue weighted by atomic mass is 79.9. The highest BCUT2D eigenvalue weighted by Crippen LogP contribution is 2.25. The molecule has 0 spiro atoms. The number of halogens is 1. The van der Waals surface area contributed by atoms with Crippen LogP contribution in [-0.4, -0.2) is 4.37 Å².